The third kappa shape index (κ3) is 2.87. The van der Waals surface area contributed by atoms with Crippen LogP contribution in [0.1, 0.15) is 5.56 Å². The highest BCUT2D eigenvalue weighted by atomic mass is 32.2. The summed E-state index contributed by atoms with van der Waals surface area (Å²) in [5.74, 6) is 0.694. The molecule has 0 unspecified atom stereocenters. The van der Waals surface area contributed by atoms with E-state index in [1.807, 2.05) is 42.5 Å². The molecule has 0 aliphatic rings. The number of thioether (sulfide) groups is 1. The highest BCUT2D eigenvalue weighted by Crippen LogP contribution is 2.36. The first-order valence-corrected chi connectivity index (χ1v) is 7.43. The number of hydrogen-bond donors (Lipinski definition) is 0. The first-order chi connectivity index (χ1) is 10.3. The maximum Gasteiger partial charge on any atom is 0.308 e. The van der Waals surface area contributed by atoms with Crippen LogP contribution < -0.4 is 0 Å². The Morgan fingerprint density at radius 1 is 1.05 bits per heavy atom. The van der Waals surface area contributed by atoms with Crippen LogP contribution in [0.25, 0.3) is 10.9 Å². The number of nitrogens with zero attached hydrogens (tertiary/aromatic N) is 2. The van der Waals surface area contributed by atoms with Gasteiger partial charge in [-0.3, -0.25) is 10.1 Å². The SMILES string of the molecule is O=[N+]([O-])c1c(SCc2ccccc2)ccc2cccnc12. The zero-order valence-electron chi connectivity index (χ0n) is 11.1. The van der Waals surface area contributed by atoms with E-state index in [1.54, 1.807) is 18.3 Å². The summed E-state index contributed by atoms with van der Waals surface area (Å²) in [6.45, 7) is 0. The predicted molar refractivity (Wildman–Crippen MR) is 84.4 cm³/mol. The molecule has 0 saturated carbocycles. The molecule has 2 aromatic carbocycles. The van der Waals surface area contributed by atoms with Gasteiger partial charge in [-0.25, -0.2) is 4.98 Å². The number of nitro groups is 1. The van der Waals surface area contributed by atoms with Gasteiger partial charge in [-0.2, -0.15) is 0 Å². The standard InChI is InChI=1S/C16H12N2O2S/c19-18(20)16-14(21-11-12-5-2-1-3-6-12)9-8-13-7-4-10-17-15(13)16/h1-10H,11H2. The fourth-order valence-corrected chi connectivity index (χ4v) is 3.13. The lowest BCUT2D eigenvalue weighted by molar-refractivity contribution is -0.386. The molecule has 0 aliphatic carbocycles. The van der Waals surface area contributed by atoms with Gasteiger partial charge >= 0.3 is 5.69 Å². The van der Waals surface area contributed by atoms with Gasteiger partial charge in [0.15, 0.2) is 0 Å². The molecule has 0 bridgehead atoms. The minimum absolute atomic E-state index is 0.0917. The molecule has 0 radical (unpaired) electrons. The summed E-state index contributed by atoms with van der Waals surface area (Å²) >= 11 is 1.46. The third-order valence-electron chi connectivity index (χ3n) is 3.13. The van der Waals surface area contributed by atoms with Gasteiger partial charge in [-0.1, -0.05) is 42.5 Å². The maximum absolute atomic E-state index is 11.4. The van der Waals surface area contributed by atoms with Gasteiger partial charge in [0.1, 0.15) is 5.52 Å². The Bertz CT molecular complexity index is 791. The summed E-state index contributed by atoms with van der Waals surface area (Å²) in [5.41, 5.74) is 1.67. The molecule has 0 atom stereocenters. The molecule has 0 aliphatic heterocycles. The Morgan fingerprint density at radius 3 is 2.62 bits per heavy atom. The predicted octanol–water partition coefficient (Wildman–Crippen LogP) is 4.44. The van der Waals surface area contributed by atoms with Crippen molar-refractivity contribution in [3.63, 3.8) is 0 Å². The second kappa shape index (κ2) is 5.93. The lowest BCUT2D eigenvalue weighted by atomic mass is 10.2. The van der Waals surface area contributed by atoms with Crippen LogP contribution in [0.5, 0.6) is 0 Å². The van der Waals surface area contributed by atoms with E-state index in [2.05, 4.69) is 4.98 Å². The van der Waals surface area contributed by atoms with Gasteiger partial charge in [0.05, 0.1) is 9.82 Å². The molecule has 4 nitrogen and oxygen atoms in total. The van der Waals surface area contributed by atoms with Gasteiger partial charge in [0.2, 0.25) is 0 Å². The molecule has 0 spiro atoms. The van der Waals surface area contributed by atoms with Crippen molar-refractivity contribution in [2.75, 3.05) is 0 Å². The van der Waals surface area contributed by atoms with E-state index in [-0.39, 0.29) is 10.6 Å². The van der Waals surface area contributed by atoms with Gasteiger partial charge in [0, 0.05) is 17.3 Å². The Labute approximate surface area is 126 Å². The van der Waals surface area contributed by atoms with Crippen LogP contribution in [-0.4, -0.2) is 9.91 Å². The fraction of sp³-hybridized carbons (Fsp3) is 0.0625. The van der Waals surface area contributed by atoms with Gasteiger partial charge < -0.3 is 0 Å². The highest BCUT2D eigenvalue weighted by Gasteiger charge is 2.19. The summed E-state index contributed by atoms with van der Waals surface area (Å²) < 4.78 is 0. The summed E-state index contributed by atoms with van der Waals surface area (Å²) in [6.07, 6.45) is 1.58. The van der Waals surface area contributed by atoms with E-state index in [1.165, 1.54) is 11.8 Å². The van der Waals surface area contributed by atoms with Crippen molar-refractivity contribution in [2.24, 2.45) is 0 Å². The zero-order valence-corrected chi connectivity index (χ0v) is 11.9. The number of aromatic nitrogens is 1. The van der Waals surface area contributed by atoms with Crippen LogP contribution in [0.15, 0.2) is 65.7 Å². The van der Waals surface area contributed by atoms with E-state index in [0.29, 0.717) is 16.2 Å². The van der Waals surface area contributed by atoms with Crippen molar-refractivity contribution in [3.05, 3.63) is 76.5 Å². The molecular weight excluding hydrogens is 284 g/mol. The average molecular weight is 296 g/mol. The van der Waals surface area contributed by atoms with E-state index < -0.39 is 0 Å². The summed E-state index contributed by atoms with van der Waals surface area (Å²) in [5, 5.41) is 12.2. The lowest BCUT2D eigenvalue weighted by Crippen LogP contribution is -1.94. The van der Waals surface area contributed by atoms with Crippen LogP contribution in [0.2, 0.25) is 0 Å². The smallest absolute Gasteiger partial charge is 0.258 e. The van der Waals surface area contributed by atoms with Crippen molar-refractivity contribution < 1.29 is 4.92 Å². The first kappa shape index (κ1) is 13.6. The molecule has 0 N–H and O–H groups in total. The highest BCUT2D eigenvalue weighted by molar-refractivity contribution is 7.98. The first-order valence-electron chi connectivity index (χ1n) is 6.44. The molecular formula is C16H12N2O2S. The normalized spacial score (nSPS) is 10.7. The molecule has 5 heteroatoms. The Morgan fingerprint density at radius 2 is 1.86 bits per heavy atom. The number of rotatable bonds is 4. The van der Waals surface area contributed by atoms with Crippen molar-refractivity contribution in [2.45, 2.75) is 10.6 Å². The topological polar surface area (TPSA) is 56.0 Å². The van der Waals surface area contributed by atoms with E-state index >= 15 is 0 Å². The number of nitro benzene ring substituents is 1. The second-order valence-corrected chi connectivity index (χ2v) is 5.54. The molecule has 21 heavy (non-hydrogen) atoms. The van der Waals surface area contributed by atoms with E-state index in [4.69, 9.17) is 0 Å². The van der Waals surface area contributed by atoms with Crippen molar-refractivity contribution in [3.8, 4) is 0 Å². The average Bonchev–Trinajstić information content (AvgIpc) is 2.53. The van der Waals surface area contributed by atoms with Crippen LogP contribution >= 0.6 is 11.8 Å². The monoisotopic (exact) mass is 296 g/mol. The van der Waals surface area contributed by atoms with Crippen LogP contribution in [-0.2, 0) is 5.75 Å². The van der Waals surface area contributed by atoms with Gasteiger partial charge in [-0.15, -0.1) is 11.8 Å². The second-order valence-electron chi connectivity index (χ2n) is 4.52. The Balaban J connectivity index is 1.98. The minimum Gasteiger partial charge on any atom is -0.258 e. The molecule has 0 fully saturated rings. The zero-order chi connectivity index (χ0) is 14.7. The molecule has 104 valence electrons. The fourth-order valence-electron chi connectivity index (χ4n) is 2.14. The Hall–Kier alpha value is -2.40. The molecule has 1 heterocycles. The summed E-state index contributed by atoms with van der Waals surface area (Å²) in [7, 11) is 0. The van der Waals surface area contributed by atoms with Crippen molar-refractivity contribution in [1.29, 1.82) is 0 Å². The van der Waals surface area contributed by atoms with Crippen LogP contribution in [0.4, 0.5) is 5.69 Å². The molecule has 0 amide bonds. The molecule has 3 rings (SSSR count). The Kier molecular flexibility index (Phi) is 3.83. The molecule has 3 aromatic rings. The summed E-state index contributed by atoms with van der Waals surface area (Å²) in [6, 6.07) is 17.2. The van der Waals surface area contributed by atoms with Crippen molar-refractivity contribution in [1.82, 2.24) is 4.98 Å². The maximum atomic E-state index is 11.4. The number of benzene rings is 2. The number of hydrogen-bond acceptors (Lipinski definition) is 4. The van der Waals surface area contributed by atoms with Gasteiger partial charge in [-0.05, 0) is 17.7 Å². The van der Waals surface area contributed by atoms with E-state index in [0.717, 1.165) is 10.9 Å². The quantitative estimate of drug-likeness (QED) is 0.406. The van der Waals surface area contributed by atoms with E-state index in [9.17, 15) is 10.1 Å². The molecule has 0 saturated heterocycles. The van der Waals surface area contributed by atoms with Gasteiger partial charge in [0.25, 0.3) is 0 Å². The summed E-state index contributed by atoms with van der Waals surface area (Å²) in [4.78, 5) is 15.9. The largest absolute Gasteiger partial charge is 0.308 e. The van der Waals surface area contributed by atoms with Crippen LogP contribution in [0.3, 0.4) is 0 Å². The molecule has 1 aromatic heterocycles. The minimum atomic E-state index is -0.345. The van der Waals surface area contributed by atoms with Crippen molar-refractivity contribution >= 4 is 28.4 Å². The van der Waals surface area contributed by atoms with Crippen LogP contribution in [0, 0.1) is 10.1 Å². The third-order valence-corrected chi connectivity index (χ3v) is 4.25. The lowest BCUT2D eigenvalue weighted by Gasteiger charge is -2.05. The number of pyridine rings is 1. The number of fused-ring (bicyclic) bond motifs is 1.